The molecule has 0 saturated heterocycles. The number of hydrogen-bond donors (Lipinski definition) is 1. The summed E-state index contributed by atoms with van der Waals surface area (Å²) in [5.74, 6) is 1.25. The molecule has 3 aromatic carbocycles. The van der Waals surface area contributed by atoms with E-state index in [9.17, 15) is 4.79 Å². The lowest BCUT2D eigenvalue weighted by Crippen LogP contribution is -2.20. The highest BCUT2D eigenvalue weighted by molar-refractivity contribution is 7.99. The molecule has 0 radical (unpaired) electrons. The summed E-state index contributed by atoms with van der Waals surface area (Å²) in [5.41, 5.74) is 6.41. The van der Waals surface area contributed by atoms with Gasteiger partial charge in [-0.15, -0.1) is 0 Å². The predicted molar refractivity (Wildman–Crippen MR) is 136 cm³/mol. The van der Waals surface area contributed by atoms with Crippen LogP contribution in [0.1, 0.15) is 18.1 Å². The molecule has 0 aliphatic rings. The first-order valence-corrected chi connectivity index (χ1v) is 11.9. The van der Waals surface area contributed by atoms with Crippen molar-refractivity contribution in [2.45, 2.75) is 25.2 Å². The van der Waals surface area contributed by atoms with Gasteiger partial charge >= 0.3 is 0 Å². The third-order valence-electron chi connectivity index (χ3n) is 5.10. The number of aryl methyl sites for hydroxylation is 1. The molecule has 0 atom stereocenters. The highest BCUT2D eigenvalue weighted by Crippen LogP contribution is 2.28. The van der Waals surface area contributed by atoms with Gasteiger partial charge in [-0.3, -0.25) is 4.79 Å². The number of carbonyl (C=O) groups is 1. The number of amides is 1. The van der Waals surface area contributed by atoms with E-state index in [1.807, 2.05) is 72.8 Å². The Morgan fingerprint density at radius 2 is 1.88 bits per heavy atom. The van der Waals surface area contributed by atoms with Gasteiger partial charge in [-0.2, -0.15) is 5.10 Å². The van der Waals surface area contributed by atoms with Crippen LogP contribution in [-0.4, -0.2) is 34.5 Å². The van der Waals surface area contributed by atoms with Gasteiger partial charge in [-0.25, -0.2) is 10.4 Å². The van der Waals surface area contributed by atoms with Crippen molar-refractivity contribution in [1.29, 1.82) is 0 Å². The molecule has 0 saturated carbocycles. The van der Waals surface area contributed by atoms with Gasteiger partial charge in [0.15, 0.2) is 16.7 Å². The highest BCUT2D eigenvalue weighted by atomic mass is 32.2. The summed E-state index contributed by atoms with van der Waals surface area (Å²) < 4.78 is 13.4. The number of hydrazone groups is 1. The molecular weight excluding hydrogens is 448 g/mol. The molecule has 0 spiro atoms. The van der Waals surface area contributed by atoms with Crippen molar-refractivity contribution in [2.75, 3.05) is 12.9 Å². The minimum absolute atomic E-state index is 0.204. The second-order valence-corrected chi connectivity index (χ2v) is 8.34. The summed E-state index contributed by atoms with van der Waals surface area (Å²) in [6, 6.07) is 23.4. The lowest BCUT2D eigenvalue weighted by molar-refractivity contribution is -0.118. The molecule has 1 aromatic heterocycles. The largest absolute Gasteiger partial charge is 0.493 e. The molecule has 1 amide bonds. The van der Waals surface area contributed by atoms with Gasteiger partial charge < -0.3 is 14.0 Å². The number of fused-ring (bicyclic) bond motifs is 1. The quantitative estimate of drug-likeness (QED) is 0.201. The first kappa shape index (κ1) is 23.4. The third kappa shape index (κ3) is 5.77. The highest BCUT2D eigenvalue weighted by Gasteiger charge is 2.11. The monoisotopic (exact) mass is 474 g/mol. The van der Waals surface area contributed by atoms with Crippen LogP contribution in [0.3, 0.4) is 0 Å². The first-order valence-electron chi connectivity index (χ1n) is 10.9. The molecule has 174 valence electrons. The van der Waals surface area contributed by atoms with Gasteiger partial charge in [0.25, 0.3) is 5.91 Å². The molecule has 0 aliphatic heterocycles. The molecule has 7 nitrogen and oxygen atoms in total. The Labute approximate surface area is 202 Å². The van der Waals surface area contributed by atoms with Crippen molar-refractivity contribution in [1.82, 2.24) is 15.0 Å². The van der Waals surface area contributed by atoms with Crippen molar-refractivity contribution in [3.05, 3.63) is 83.9 Å². The van der Waals surface area contributed by atoms with Crippen LogP contribution >= 0.6 is 11.8 Å². The molecular formula is C26H26N4O3S. The number of thioether (sulfide) groups is 1. The summed E-state index contributed by atoms with van der Waals surface area (Å²) >= 11 is 1.39. The normalized spacial score (nSPS) is 11.1. The maximum atomic E-state index is 12.3. The lowest BCUT2D eigenvalue weighted by atomic mass is 10.2. The van der Waals surface area contributed by atoms with Crippen molar-refractivity contribution in [3.8, 4) is 11.5 Å². The van der Waals surface area contributed by atoms with Crippen LogP contribution < -0.4 is 14.9 Å². The minimum atomic E-state index is -0.204. The Balaban J connectivity index is 1.34. The summed E-state index contributed by atoms with van der Waals surface area (Å²) in [6.45, 7) is 3.28. The number of imidazole rings is 1. The van der Waals surface area contributed by atoms with E-state index in [-0.39, 0.29) is 11.7 Å². The maximum absolute atomic E-state index is 12.3. The van der Waals surface area contributed by atoms with Crippen LogP contribution in [0.2, 0.25) is 0 Å². The maximum Gasteiger partial charge on any atom is 0.250 e. The second kappa shape index (κ2) is 11.4. The van der Waals surface area contributed by atoms with Crippen LogP contribution in [0.25, 0.3) is 11.0 Å². The fourth-order valence-corrected chi connectivity index (χ4v) is 4.30. The van der Waals surface area contributed by atoms with E-state index in [4.69, 9.17) is 9.47 Å². The average molecular weight is 475 g/mol. The van der Waals surface area contributed by atoms with E-state index in [1.165, 1.54) is 11.8 Å². The Bertz CT molecular complexity index is 1290. The summed E-state index contributed by atoms with van der Waals surface area (Å²) in [7, 11) is 1.60. The van der Waals surface area contributed by atoms with Gasteiger partial charge in [0.1, 0.15) is 6.61 Å². The summed E-state index contributed by atoms with van der Waals surface area (Å²) in [5, 5.41) is 4.91. The van der Waals surface area contributed by atoms with Crippen molar-refractivity contribution >= 4 is 34.9 Å². The molecule has 8 heteroatoms. The lowest BCUT2D eigenvalue weighted by Gasteiger charge is -2.11. The Morgan fingerprint density at radius 1 is 1.09 bits per heavy atom. The Morgan fingerprint density at radius 3 is 2.68 bits per heavy atom. The Hall–Kier alpha value is -3.78. The number of carbonyl (C=O) groups excluding carboxylic acids is 1. The van der Waals surface area contributed by atoms with E-state index in [0.717, 1.165) is 33.9 Å². The minimum Gasteiger partial charge on any atom is -0.493 e. The Kier molecular flexibility index (Phi) is 7.83. The van der Waals surface area contributed by atoms with Gasteiger partial charge in [-0.1, -0.05) is 54.2 Å². The average Bonchev–Trinajstić information content (AvgIpc) is 3.24. The molecule has 0 aliphatic carbocycles. The second-order valence-electron chi connectivity index (χ2n) is 7.39. The molecule has 0 unspecified atom stereocenters. The zero-order chi connectivity index (χ0) is 23.8. The van der Waals surface area contributed by atoms with Gasteiger partial charge in [0.05, 0.1) is 30.1 Å². The van der Waals surface area contributed by atoms with Crippen LogP contribution in [0.15, 0.2) is 83.1 Å². The molecule has 0 bridgehead atoms. The smallest absolute Gasteiger partial charge is 0.250 e. The van der Waals surface area contributed by atoms with Crippen LogP contribution in [-0.2, 0) is 17.9 Å². The number of nitrogens with one attached hydrogen (secondary N) is 1. The number of nitrogens with zero attached hydrogens (tertiary/aromatic N) is 3. The SMILES string of the molecule is CCn1c(SCC(=O)N/N=C\c2ccc(OC)c(OCc3ccccc3)c2)nc2ccccc21. The number of benzene rings is 3. The van der Waals surface area contributed by atoms with E-state index < -0.39 is 0 Å². The molecule has 4 rings (SSSR count). The number of ether oxygens (including phenoxy) is 2. The predicted octanol–water partition coefficient (Wildman–Crippen LogP) is 4.89. The van der Waals surface area contributed by atoms with Gasteiger partial charge in [-0.05, 0) is 48.4 Å². The summed E-state index contributed by atoms with van der Waals surface area (Å²) in [4.78, 5) is 17.0. The van der Waals surface area contributed by atoms with Gasteiger partial charge in [0, 0.05) is 6.54 Å². The molecule has 34 heavy (non-hydrogen) atoms. The van der Waals surface area contributed by atoms with Crippen molar-refractivity contribution in [2.24, 2.45) is 5.10 Å². The van der Waals surface area contributed by atoms with Gasteiger partial charge in [0.2, 0.25) is 0 Å². The van der Waals surface area contributed by atoms with E-state index >= 15 is 0 Å². The standard InChI is InChI=1S/C26H26N4O3S/c1-3-30-22-12-8-7-11-21(22)28-26(30)34-18-25(31)29-27-16-20-13-14-23(32-2)24(15-20)33-17-19-9-5-4-6-10-19/h4-16H,3,17-18H2,1-2H3,(H,29,31)/b27-16-. The zero-order valence-corrected chi connectivity index (χ0v) is 19.9. The molecule has 1 N–H and O–H groups in total. The summed E-state index contributed by atoms with van der Waals surface area (Å²) in [6.07, 6.45) is 1.58. The zero-order valence-electron chi connectivity index (χ0n) is 19.1. The number of methoxy groups -OCH3 is 1. The van der Waals surface area contributed by atoms with E-state index in [2.05, 4.69) is 27.0 Å². The fraction of sp³-hybridized carbons (Fsp3) is 0.192. The third-order valence-corrected chi connectivity index (χ3v) is 6.07. The molecule has 0 fully saturated rings. The van der Waals surface area contributed by atoms with E-state index in [1.54, 1.807) is 13.3 Å². The fourth-order valence-electron chi connectivity index (χ4n) is 3.43. The first-order chi connectivity index (χ1) is 16.7. The number of aromatic nitrogens is 2. The number of rotatable bonds is 10. The van der Waals surface area contributed by atoms with Crippen molar-refractivity contribution < 1.29 is 14.3 Å². The van der Waals surface area contributed by atoms with Crippen LogP contribution in [0, 0.1) is 0 Å². The molecule has 4 aromatic rings. The van der Waals surface area contributed by atoms with Crippen LogP contribution in [0.5, 0.6) is 11.5 Å². The van der Waals surface area contributed by atoms with Crippen LogP contribution in [0.4, 0.5) is 0 Å². The topological polar surface area (TPSA) is 77.7 Å². The van der Waals surface area contributed by atoms with E-state index in [0.29, 0.717) is 18.1 Å². The molecule has 1 heterocycles. The number of hydrogen-bond acceptors (Lipinski definition) is 6. The number of para-hydroxylation sites is 2. The van der Waals surface area contributed by atoms with Crippen molar-refractivity contribution in [3.63, 3.8) is 0 Å².